The second kappa shape index (κ2) is 6.46. The van der Waals surface area contributed by atoms with Crippen LogP contribution in [0.2, 0.25) is 0 Å². The van der Waals surface area contributed by atoms with Gasteiger partial charge in [-0.05, 0) is 25.8 Å². The third-order valence-corrected chi connectivity index (χ3v) is 3.59. The minimum Gasteiger partial charge on any atom is -0.330 e. The highest BCUT2D eigenvalue weighted by Crippen LogP contribution is 2.09. The van der Waals surface area contributed by atoms with E-state index in [1.165, 1.54) is 39.1 Å². The van der Waals surface area contributed by atoms with Gasteiger partial charge in [0.25, 0.3) is 0 Å². The molecule has 0 saturated carbocycles. The van der Waals surface area contributed by atoms with Gasteiger partial charge in [0.1, 0.15) is 0 Å². The average Bonchev–Trinajstić information content (AvgIpc) is 2.29. The maximum absolute atomic E-state index is 5.65. The number of nitrogens with two attached hydrogens (primary N) is 1. The first-order valence-electron chi connectivity index (χ1n) is 6.33. The highest BCUT2D eigenvalue weighted by Gasteiger charge is 2.20. The zero-order valence-electron chi connectivity index (χ0n) is 10.6. The van der Waals surface area contributed by atoms with Crippen LogP contribution in [0, 0.1) is 5.92 Å². The molecule has 15 heavy (non-hydrogen) atoms. The summed E-state index contributed by atoms with van der Waals surface area (Å²) < 4.78 is 0. The van der Waals surface area contributed by atoms with Crippen molar-refractivity contribution in [3.05, 3.63) is 0 Å². The minimum absolute atomic E-state index is 0.639. The van der Waals surface area contributed by atoms with Crippen LogP contribution in [0.5, 0.6) is 0 Å². The number of piperazine rings is 1. The second-order valence-corrected chi connectivity index (χ2v) is 4.93. The molecule has 3 nitrogen and oxygen atoms in total. The van der Waals surface area contributed by atoms with E-state index in [1.54, 1.807) is 0 Å². The molecule has 90 valence electrons. The van der Waals surface area contributed by atoms with Gasteiger partial charge in [0.15, 0.2) is 0 Å². The van der Waals surface area contributed by atoms with Crippen molar-refractivity contribution in [2.75, 3.05) is 39.3 Å². The van der Waals surface area contributed by atoms with Gasteiger partial charge in [-0.25, -0.2) is 0 Å². The third-order valence-electron chi connectivity index (χ3n) is 3.59. The number of hydrogen-bond acceptors (Lipinski definition) is 3. The summed E-state index contributed by atoms with van der Waals surface area (Å²) in [6, 6.07) is 0.749. The van der Waals surface area contributed by atoms with E-state index in [0.29, 0.717) is 5.92 Å². The fourth-order valence-corrected chi connectivity index (χ4v) is 2.16. The monoisotopic (exact) mass is 213 g/mol. The first kappa shape index (κ1) is 12.9. The molecule has 0 amide bonds. The molecule has 2 N–H and O–H groups in total. The maximum atomic E-state index is 5.65. The molecule has 1 saturated heterocycles. The van der Waals surface area contributed by atoms with E-state index in [2.05, 4.69) is 30.6 Å². The molecule has 1 fully saturated rings. The van der Waals surface area contributed by atoms with Gasteiger partial charge in [0.2, 0.25) is 0 Å². The molecule has 1 aliphatic heterocycles. The lowest BCUT2D eigenvalue weighted by Crippen LogP contribution is -2.50. The average molecular weight is 213 g/mol. The SMILES string of the molecule is CCC(C)N1CCN(CC(C)CN)CC1. The summed E-state index contributed by atoms with van der Waals surface area (Å²) in [5.41, 5.74) is 5.65. The van der Waals surface area contributed by atoms with Gasteiger partial charge in [-0.3, -0.25) is 4.90 Å². The van der Waals surface area contributed by atoms with E-state index in [0.717, 1.165) is 12.6 Å². The first-order chi connectivity index (χ1) is 7.17. The molecule has 0 aromatic carbocycles. The molecule has 1 aliphatic rings. The van der Waals surface area contributed by atoms with Crippen LogP contribution < -0.4 is 5.73 Å². The molecule has 0 aliphatic carbocycles. The van der Waals surface area contributed by atoms with Crippen molar-refractivity contribution in [3.63, 3.8) is 0 Å². The summed E-state index contributed by atoms with van der Waals surface area (Å²) in [6.45, 7) is 13.7. The molecule has 2 unspecified atom stereocenters. The van der Waals surface area contributed by atoms with Crippen molar-refractivity contribution in [2.45, 2.75) is 33.2 Å². The van der Waals surface area contributed by atoms with Crippen LogP contribution in [-0.4, -0.2) is 55.1 Å². The van der Waals surface area contributed by atoms with Crippen LogP contribution in [0.4, 0.5) is 0 Å². The Hall–Kier alpha value is -0.120. The summed E-state index contributed by atoms with van der Waals surface area (Å²) in [7, 11) is 0. The predicted molar refractivity (Wildman–Crippen MR) is 66.0 cm³/mol. The maximum Gasteiger partial charge on any atom is 0.0113 e. The zero-order chi connectivity index (χ0) is 11.3. The van der Waals surface area contributed by atoms with Gasteiger partial charge in [0, 0.05) is 38.8 Å². The standard InChI is InChI=1S/C12H27N3/c1-4-12(3)15-7-5-14(6-8-15)10-11(2)9-13/h11-12H,4-10,13H2,1-3H3. The summed E-state index contributed by atoms with van der Waals surface area (Å²) in [6.07, 6.45) is 1.26. The minimum atomic E-state index is 0.639. The van der Waals surface area contributed by atoms with E-state index in [4.69, 9.17) is 5.73 Å². The van der Waals surface area contributed by atoms with E-state index in [-0.39, 0.29) is 0 Å². The fourth-order valence-electron chi connectivity index (χ4n) is 2.16. The molecule has 3 heteroatoms. The number of hydrogen-bond donors (Lipinski definition) is 1. The smallest absolute Gasteiger partial charge is 0.0113 e. The van der Waals surface area contributed by atoms with Gasteiger partial charge in [-0.15, -0.1) is 0 Å². The molecular formula is C12H27N3. The molecule has 0 aromatic rings. The summed E-state index contributed by atoms with van der Waals surface area (Å²) >= 11 is 0. The highest BCUT2D eigenvalue weighted by molar-refractivity contribution is 4.76. The van der Waals surface area contributed by atoms with Gasteiger partial charge in [-0.2, -0.15) is 0 Å². The Morgan fingerprint density at radius 2 is 1.73 bits per heavy atom. The predicted octanol–water partition coefficient (Wildman–Crippen LogP) is 0.997. The van der Waals surface area contributed by atoms with Crippen LogP contribution in [0.1, 0.15) is 27.2 Å². The Morgan fingerprint density at radius 3 is 2.20 bits per heavy atom. The van der Waals surface area contributed by atoms with Crippen LogP contribution in [0.3, 0.4) is 0 Å². The first-order valence-corrected chi connectivity index (χ1v) is 6.33. The largest absolute Gasteiger partial charge is 0.330 e. The normalized spacial score (nSPS) is 24.0. The highest BCUT2D eigenvalue weighted by atomic mass is 15.3. The molecule has 0 radical (unpaired) electrons. The summed E-state index contributed by atoms with van der Waals surface area (Å²) in [5, 5.41) is 0. The lowest BCUT2D eigenvalue weighted by atomic mass is 10.1. The van der Waals surface area contributed by atoms with Gasteiger partial charge in [-0.1, -0.05) is 13.8 Å². The zero-order valence-corrected chi connectivity index (χ0v) is 10.6. The fraction of sp³-hybridized carbons (Fsp3) is 1.00. The topological polar surface area (TPSA) is 32.5 Å². The van der Waals surface area contributed by atoms with Crippen molar-refractivity contribution >= 4 is 0 Å². The molecular weight excluding hydrogens is 186 g/mol. The van der Waals surface area contributed by atoms with Gasteiger partial charge >= 0.3 is 0 Å². The lowest BCUT2D eigenvalue weighted by molar-refractivity contribution is 0.0924. The van der Waals surface area contributed by atoms with E-state index >= 15 is 0 Å². The van der Waals surface area contributed by atoms with E-state index in [9.17, 15) is 0 Å². The van der Waals surface area contributed by atoms with Crippen LogP contribution in [0.25, 0.3) is 0 Å². The number of rotatable bonds is 5. The van der Waals surface area contributed by atoms with Crippen LogP contribution in [-0.2, 0) is 0 Å². The molecule has 1 rings (SSSR count). The van der Waals surface area contributed by atoms with E-state index < -0.39 is 0 Å². The Labute approximate surface area is 94.6 Å². The third kappa shape index (κ3) is 4.09. The van der Waals surface area contributed by atoms with Crippen molar-refractivity contribution < 1.29 is 0 Å². The number of nitrogens with zero attached hydrogens (tertiary/aromatic N) is 2. The van der Waals surface area contributed by atoms with Crippen LogP contribution in [0.15, 0.2) is 0 Å². The Kier molecular flexibility index (Phi) is 5.58. The Morgan fingerprint density at radius 1 is 1.13 bits per heavy atom. The van der Waals surface area contributed by atoms with Crippen molar-refractivity contribution in [1.29, 1.82) is 0 Å². The summed E-state index contributed by atoms with van der Waals surface area (Å²) in [4.78, 5) is 5.15. The van der Waals surface area contributed by atoms with Gasteiger partial charge in [0.05, 0.1) is 0 Å². The Balaban J connectivity index is 2.23. The molecule has 2 atom stereocenters. The molecule has 0 aromatic heterocycles. The molecule has 0 bridgehead atoms. The van der Waals surface area contributed by atoms with Crippen molar-refractivity contribution in [1.82, 2.24) is 9.80 Å². The molecule has 1 heterocycles. The summed E-state index contributed by atoms with van der Waals surface area (Å²) in [5.74, 6) is 0.639. The lowest BCUT2D eigenvalue weighted by Gasteiger charge is -2.38. The van der Waals surface area contributed by atoms with Crippen LogP contribution >= 0.6 is 0 Å². The van der Waals surface area contributed by atoms with Crippen molar-refractivity contribution in [3.8, 4) is 0 Å². The molecule has 0 spiro atoms. The Bertz CT molecular complexity index is 164. The van der Waals surface area contributed by atoms with E-state index in [1.807, 2.05) is 0 Å². The quantitative estimate of drug-likeness (QED) is 0.739. The van der Waals surface area contributed by atoms with Crippen molar-refractivity contribution in [2.24, 2.45) is 11.7 Å². The second-order valence-electron chi connectivity index (χ2n) is 4.93. The van der Waals surface area contributed by atoms with Gasteiger partial charge < -0.3 is 10.6 Å².